The van der Waals surface area contributed by atoms with Crippen LogP contribution in [0.25, 0.3) is 0 Å². The van der Waals surface area contributed by atoms with Crippen LogP contribution in [-0.4, -0.2) is 49.2 Å². The van der Waals surface area contributed by atoms with E-state index in [0.29, 0.717) is 0 Å². The van der Waals surface area contributed by atoms with Gasteiger partial charge in [0.05, 0.1) is 0 Å². The Morgan fingerprint density at radius 3 is 3.00 bits per heavy atom. The number of pyridine rings is 1. The minimum Gasteiger partial charge on any atom is -0.476 e. The topological polar surface area (TPSA) is 37.4 Å². The average molecular weight is 235 g/mol. The first-order valence-corrected chi connectivity index (χ1v) is 6.40. The summed E-state index contributed by atoms with van der Waals surface area (Å²) in [5.41, 5.74) is 1.19. The number of hydrogen-bond acceptors (Lipinski definition) is 4. The molecule has 0 radical (unpaired) electrons. The van der Waals surface area contributed by atoms with Gasteiger partial charge in [0.15, 0.2) is 0 Å². The quantitative estimate of drug-likeness (QED) is 0.824. The highest BCUT2D eigenvalue weighted by atomic mass is 16.5. The van der Waals surface area contributed by atoms with Gasteiger partial charge in [-0.15, -0.1) is 0 Å². The maximum atomic E-state index is 5.76. The fourth-order valence-corrected chi connectivity index (χ4v) is 2.03. The van der Waals surface area contributed by atoms with Gasteiger partial charge in [-0.1, -0.05) is 13.0 Å². The van der Waals surface area contributed by atoms with Gasteiger partial charge in [-0.3, -0.25) is 4.90 Å². The third kappa shape index (κ3) is 3.68. The van der Waals surface area contributed by atoms with E-state index in [1.807, 2.05) is 6.07 Å². The van der Waals surface area contributed by atoms with Crippen molar-refractivity contribution in [1.82, 2.24) is 15.2 Å². The van der Waals surface area contributed by atoms with Crippen LogP contribution in [-0.2, 0) is 6.42 Å². The highest BCUT2D eigenvalue weighted by Gasteiger charge is 2.09. The number of piperazine rings is 1. The molecule has 1 aliphatic rings. The van der Waals surface area contributed by atoms with Gasteiger partial charge >= 0.3 is 0 Å². The van der Waals surface area contributed by atoms with Crippen LogP contribution in [0.2, 0.25) is 0 Å². The summed E-state index contributed by atoms with van der Waals surface area (Å²) >= 11 is 0. The number of nitrogens with one attached hydrogen (secondary N) is 1. The number of nitrogens with zero attached hydrogens (tertiary/aromatic N) is 2. The fraction of sp³-hybridized carbons (Fsp3) is 0.615. The largest absolute Gasteiger partial charge is 0.476 e. The molecular weight excluding hydrogens is 214 g/mol. The van der Waals surface area contributed by atoms with Crippen molar-refractivity contribution in [1.29, 1.82) is 0 Å². The van der Waals surface area contributed by atoms with Gasteiger partial charge < -0.3 is 10.1 Å². The van der Waals surface area contributed by atoms with E-state index < -0.39 is 0 Å². The SMILES string of the molecule is CCc1cccnc1OCCN1CCNCC1. The van der Waals surface area contributed by atoms with Gasteiger partial charge in [-0.05, 0) is 12.5 Å². The van der Waals surface area contributed by atoms with E-state index in [0.717, 1.165) is 51.6 Å². The van der Waals surface area contributed by atoms with Crippen molar-refractivity contribution >= 4 is 0 Å². The van der Waals surface area contributed by atoms with Crippen LogP contribution in [0.15, 0.2) is 18.3 Å². The molecule has 0 bridgehead atoms. The molecule has 0 atom stereocenters. The first-order valence-electron chi connectivity index (χ1n) is 6.40. The molecule has 4 heteroatoms. The molecule has 0 amide bonds. The molecule has 4 nitrogen and oxygen atoms in total. The molecule has 1 saturated heterocycles. The molecule has 0 saturated carbocycles. The van der Waals surface area contributed by atoms with E-state index in [9.17, 15) is 0 Å². The van der Waals surface area contributed by atoms with Crippen molar-refractivity contribution in [3.05, 3.63) is 23.9 Å². The Morgan fingerprint density at radius 2 is 2.24 bits per heavy atom. The van der Waals surface area contributed by atoms with Crippen LogP contribution in [0, 0.1) is 0 Å². The molecule has 0 aromatic carbocycles. The molecule has 1 aliphatic heterocycles. The van der Waals surface area contributed by atoms with Crippen LogP contribution in [0.1, 0.15) is 12.5 Å². The Bertz CT molecular complexity index is 337. The molecule has 1 aromatic rings. The number of hydrogen-bond donors (Lipinski definition) is 1. The van der Waals surface area contributed by atoms with Gasteiger partial charge in [0.1, 0.15) is 6.61 Å². The minimum atomic E-state index is 0.726. The molecule has 0 aliphatic carbocycles. The van der Waals surface area contributed by atoms with Crippen molar-refractivity contribution < 1.29 is 4.74 Å². The summed E-state index contributed by atoms with van der Waals surface area (Å²) in [5.74, 6) is 0.796. The second-order valence-corrected chi connectivity index (χ2v) is 4.26. The Balaban J connectivity index is 1.77. The van der Waals surface area contributed by atoms with Crippen molar-refractivity contribution in [3.8, 4) is 5.88 Å². The zero-order valence-corrected chi connectivity index (χ0v) is 10.5. The van der Waals surface area contributed by atoms with Crippen LogP contribution >= 0.6 is 0 Å². The predicted octanol–water partition coefficient (Wildman–Crippen LogP) is 0.928. The van der Waals surface area contributed by atoms with Crippen molar-refractivity contribution in [2.75, 3.05) is 39.3 Å². The van der Waals surface area contributed by atoms with Gasteiger partial charge in [0.25, 0.3) is 0 Å². The summed E-state index contributed by atoms with van der Waals surface area (Å²) < 4.78 is 5.76. The molecule has 0 unspecified atom stereocenters. The van der Waals surface area contributed by atoms with Crippen molar-refractivity contribution in [3.63, 3.8) is 0 Å². The lowest BCUT2D eigenvalue weighted by molar-refractivity contribution is 0.187. The third-order valence-corrected chi connectivity index (χ3v) is 3.09. The molecular formula is C13H21N3O. The van der Waals surface area contributed by atoms with Crippen LogP contribution < -0.4 is 10.1 Å². The standard InChI is InChI=1S/C13H21N3O/c1-2-12-4-3-5-15-13(12)17-11-10-16-8-6-14-7-9-16/h3-5,14H,2,6-11H2,1H3. The van der Waals surface area contributed by atoms with E-state index in [2.05, 4.69) is 28.2 Å². The normalized spacial score (nSPS) is 17.0. The highest BCUT2D eigenvalue weighted by Crippen LogP contribution is 2.14. The maximum Gasteiger partial charge on any atom is 0.216 e. The van der Waals surface area contributed by atoms with Crippen LogP contribution in [0.4, 0.5) is 0 Å². The Kier molecular flexibility index (Phi) is 4.76. The molecule has 17 heavy (non-hydrogen) atoms. The van der Waals surface area contributed by atoms with Gasteiger partial charge in [0.2, 0.25) is 5.88 Å². The van der Waals surface area contributed by atoms with Crippen molar-refractivity contribution in [2.24, 2.45) is 0 Å². The molecule has 1 fully saturated rings. The summed E-state index contributed by atoms with van der Waals surface area (Å²) in [6.07, 6.45) is 2.76. The van der Waals surface area contributed by atoms with Gasteiger partial charge in [0, 0.05) is 44.5 Å². The predicted molar refractivity (Wildman–Crippen MR) is 68.4 cm³/mol. The number of aryl methyl sites for hydroxylation is 1. The first-order chi connectivity index (χ1) is 8.40. The first kappa shape index (κ1) is 12.3. The lowest BCUT2D eigenvalue weighted by Crippen LogP contribution is -2.44. The van der Waals surface area contributed by atoms with E-state index >= 15 is 0 Å². The van der Waals surface area contributed by atoms with Gasteiger partial charge in [-0.2, -0.15) is 0 Å². The lowest BCUT2D eigenvalue weighted by atomic mass is 10.2. The Morgan fingerprint density at radius 1 is 1.41 bits per heavy atom. The second-order valence-electron chi connectivity index (χ2n) is 4.26. The number of ether oxygens (including phenoxy) is 1. The molecule has 94 valence electrons. The summed E-state index contributed by atoms with van der Waals surface area (Å²) in [7, 11) is 0. The monoisotopic (exact) mass is 235 g/mol. The zero-order valence-electron chi connectivity index (χ0n) is 10.5. The number of rotatable bonds is 5. The minimum absolute atomic E-state index is 0.726. The smallest absolute Gasteiger partial charge is 0.216 e. The average Bonchev–Trinajstić information content (AvgIpc) is 2.40. The van der Waals surface area contributed by atoms with E-state index in [4.69, 9.17) is 4.74 Å². The van der Waals surface area contributed by atoms with Gasteiger partial charge in [-0.25, -0.2) is 4.98 Å². The molecule has 2 heterocycles. The molecule has 0 spiro atoms. The summed E-state index contributed by atoms with van der Waals surface area (Å²) in [6.45, 7) is 8.25. The van der Waals surface area contributed by atoms with E-state index in [1.54, 1.807) is 6.20 Å². The highest BCUT2D eigenvalue weighted by molar-refractivity contribution is 5.25. The van der Waals surface area contributed by atoms with E-state index in [1.165, 1.54) is 5.56 Å². The van der Waals surface area contributed by atoms with Crippen molar-refractivity contribution in [2.45, 2.75) is 13.3 Å². The fourth-order valence-electron chi connectivity index (χ4n) is 2.03. The second kappa shape index (κ2) is 6.57. The number of aromatic nitrogens is 1. The van der Waals surface area contributed by atoms with E-state index in [-0.39, 0.29) is 0 Å². The summed E-state index contributed by atoms with van der Waals surface area (Å²) in [6, 6.07) is 4.04. The molecule has 2 rings (SSSR count). The summed E-state index contributed by atoms with van der Waals surface area (Å²) in [5, 5.41) is 3.35. The molecule has 1 aromatic heterocycles. The zero-order chi connectivity index (χ0) is 11.9. The lowest BCUT2D eigenvalue weighted by Gasteiger charge is -2.26. The summed E-state index contributed by atoms with van der Waals surface area (Å²) in [4.78, 5) is 6.70. The third-order valence-electron chi connectivity index (χ3n) is 3.09. The van der Waals surface area contributed by atoms with Crippen LogP contribution in [0.5, 0.6) is 5.88 Å². The molecule has 1 N–H and O–H groups in total. The maximum absolute atomic E-state index is 5.76. The van der Waals surface area contributed by atoms with Crippen LogP contribution in [0.3, 0.4) is 0 Å². The Labute approximate surface area is 103 Å². The Hall–Kier alpha value is -1.13.